The lowest BCUT2D eigenvalue weighted by molar-refractivity contribution is -0.384. The number of non-ortho nitro benzene ring substituents is 1. The summed E-state index contributed by atoms with van der Waals surface area (Å²) < 4.78 is 10.0. The highest BCUT2D eigenvalue weighted by molar-refractivity contribution is 6.12. The fourth-order valence-electron chi connectivity index (χ4n) is 4.50. The number of allylic oxidation sites excluding steroid dienone is 1. The first-order valence-corrected chi connectivity index (χ1v) is 12.0. The molecule has 1 heterocycles. The molecule has 1 aliphatic heterocycles. The number of anilines is 2. The zero-order valence-electron chi connectivity index (χ0n) is 21.9. The van der Waals surface area contributed by atoms with Crippen molar-refractivity contribution in [3.05, 3.63) is 123 Å². The Hall–Kier alpha value is -5.96. The Morgan fingerprint density at radius 3 is 2.15 bits per heavy atom. The second kappa shape index (κ2) is 11.8. The van der Waals surface area contributed by atoms with Crippen molar-refractivity contribution in [1.82, 2.24) is 0 Å². The lowest BCUT2D eigenvalue weighted by Gasteiger charge is -2.36. The van der Waals surface area contributed by atoms with Gasteiger partial charge in [-0.05, 0) is 23.8 Å². The van der Waals surface area contributed by atoms with E-state index < -0.39 is 40.1 Å². The van der Waals surface area contributed by atoms with E-state index in [0.717, 1.165) is 31.3 Å². The number of para-hydroxylation sites is 1. The molecule has 0 radical (unpaired) electrons. The number of nitrogens with zero attached hydrogens (tertiary/aromatic N) is 3. The van der Waals surface area contributed by atoms with Crippen LogP contribution >= 0.6 is 0 Å². The van der Waals surface area contributed by atoms with Gasteiger partial charge in [0.05, 0.1) is 53.5 Å². The summed E-state index contributed by atoms with van der Waals surface area (Å²) in [6.45, 7) is 0. The molecule has 12 nitrogen and oxygen atoms in total. The monoisotopic (exact) mass is 553 g/mol. The number of methoxy groups -OCH3 is 2. The molecule has 206 valence electrons. The van der Waals surface area contributed by atoms with Crippen molar-refractivity contribution in [2.75, 3.05) is 24.4 Å². The molecule has 0 saturated carbocycles. The largest absolute Gasteiger partial charge is 0.466 e. The first-order valence-electron chi connectivity index (χ1n) is 12.0. The van der Waals surface area contributed by atoms with Gasteiger partial charge in [-0.15, -0.1) is 0 Å². The van der Waals surface area contributed by atoms with E-state index in [0.29, 0.717) is 11.3 Å². The third-order valence-electron chi connectivity index (χ3n) is 6.32. The van der Waals surface area contributed by atoms with Crippen LogP contribution in [0.2, 0.25) is 0 Å². The summed E-state index contributed by atoms with van der Waals surface area (Å²) >= 11 is 0. The van der Waals surface area contributed by atoms with E-state index in [4.69, 9.17) is 15.2 Å². The summed E-state index contributed by atoms with van der Waals surface area (Å²) in [6.07, 6.45) is 0. The third-order valence-corrected chi connectivity index (χ3v) is 6.32. The molecule has 0 aliphatic carbocycles. The van der Waals surface area contributed by atoms with Crippen molar-refractivity contribution in [2.24, 2.45) is 5.73 Å². The number of ether oxygens (including phenoxy) is 2. The first-order chi connectivity index (χ1) is 19.7. The first kappa shape index (κ1) is 28.1. The number of nitrogens with one attached hydrogen (secondary N) is 1. The van der Waals surface area contributed by atoms with Crippen LogP contribution in [0, 0.1) is 21.4 Å². The van der Waals surface area contributed by atoms with E-state index >= 15 is 0 Å². The van der Waals surface area contributed by atoms with Gasteiger partial charge in [-0.3, -0.25) is 19.8 Å². The number of nitrogens with two attached hydrogens (primary N) is 1. The number of carbonyl (C=O) groups excluding carboxylic acids is 3. The highest BCUT2D eigenvalue weighted by Crippen LogP contribution is 2.44. The smallest absolute Gasteiger partial charge is 0.355 e. The van der Waals surface area contributed by atoms with E-state index in [2.05, 4.69) is 5.32 Å². The zero-order chi connectivity index (χ0) is 29.7. The fourth-order valence-corrected chi connectivity index (χ4v) is 4.50. The summed E-state index contributed by atoms with van der Waals surface area (Å²) in [7, 11) is 2.19. The minimum Gasteiger partial charge on any atom is -0.466 e. The van der Waals surface area contributed by atoms with Crippen LogP contribution in [0.5, 0.6) is 0 Å². The molecule has 1 unspecified atom stereocenters. The Bertz CT molecular complexity index is 1640. The molecule has 3 aromatic carbocycles. The van der Waals surface area contributed by atoms with Gasteiger partial charge in [0, 0.05) is 17.8 Å². The van der Waals surface area contributed by atoms with Crippen molar-refractivity contribution in [3.63, 3.8) is 0 Å². The average Bonchev–Trinajstić information content (AvgIpc) is 3.00. The Morgan fingerprint density at radius 2 is 1.59 bits per heavy atom. The number of hydrogen-bond acceptors (Lipinski definition) is 10. The third kappa shape index (κ3) is 5.32. The molecule has 41 heavy (non-hydrogen) atoms. The van der Waals surface area contributed by atoms with Gasteiger partial charge in [0.15, 0.2) is 0 Å². The Balaban J connectivity index is 2.05. The van der Waals surface area contributed by atoms with Crippen LogP contribution in [0.3, 0.4) is 0 Å². The van der Waals surface area contributed by atoms with Gasteiger partial charge in [0.25, 0.3) is 11.6 Å². The highest BCUT2D eigenvalue weighted by atomic mass is 16.6. The molecular weight excluding hydrogens is 530 g/mol. The van der Waals surface area contributed by atoms with E-state index in [9.17, 15) is 29.8 Å². The number of nitro groups is 1. The molecular formula is C29H23N5O7. The van der Waals surface area contributed by atoms with Crippen LogP contribution in [0.25, 0.3) is 0 Å². The van der Waals surface area contributed by atoms with Gasteiger partial charge in [0.1, 0.15) is 11.5 Å². The van der Waals surface area contributed by atoms with Crippen LogP contribution in [-0.4, -0.2) is 37.0 Å². The number of carbonyl (C=O) groups is 3. The fraction of sp³-hybridized carbons (Fsp3) is 0.103. The van der Waals surface area contributed by atoms with Crippen LogP contribution < -0.4 is 16.0 Å². The van der Waals surface area contributed by atoms with Crippen LogP contribution in [0.15, 0.2) is 102 Å². The van der Waals surface area contributed by atoms with E-state index in [1.54, 1.807) is 60.7 Å². The molecule has 12 heteroatoms. The molecule has 0 aromatic heterocycles. The minimum absolute atomic E-state index is 0.123. The molecule has 3 N–H and O–H groups in total. The number of nitro benzene ring substituents is 1. The summed E-state index contributed by atoms with van der Waals surface area (Å²) in [6, 6.07) is 22.0. The lowest BCUT2D eigenvalue weighted by Crippen LogP contribution is -2.41. The average molecular weight is 554 g/mol. The van der Waals surface area contributed by atoms with Crippen molar-refractivity contribution in [1.29, 1.82) is 5.26 Å². The van der Waals surface area contributed by atoms with Crippen molar-refractivity contribution in [2.45, 2.75) is 5.92 Å². The number of rotatable bonds is 7. The van der Waals surface area contributed by atoms with E-state index in [1.165, 1.54) is 6.07 Å². The van der Waals surface area contributed by atoms with Gasteiger partial charge in [-0.25, -0.2) is 9.59 Å². The van der Waals surface area contributed by atoms with Gasteiger partial charge in [0.2, 0.25) is 0 Å². The normalized spacial score (nSPS) is 14.7. The predicted octanol–water partition coefficient (Wildman–Crippen LogP) is 3.74. The van der Waals surface area contributed by atoms with Gasteiger partial charge >= 0.3 is 11.9 Å². The van der Waals surface area contributed by atoms with Crippen molar-refractivity contribution < 1.29 is 28.8 Å². The summed E-state index contributed by atoms with van der Waals surface area (Å²) in [4.78, 5) is 52.1. The molecule has 0 spiro atoms. The number of hydrogen-bond donors (Lipinski definition) is 2. The SMILES string of the molecule is COC(=O)C1=C(C(=O)OC)N(c2ccc([N+](=O)[O-])cc2C(=O)Nc2ccccc2)C(N)=C(C#N)C1c1ccccc1. The number of nitriles is 1. The maximum Gasteiger partial charge on any atom is 0.355 e. The quantitative estimate of drug-likeness (QED) is 0.249. The number of amides is 1. The van der Waals surface area contributed by atoms with Crippen LogP contribution in [0.4, 0.5) is 17.1 Å². The van der Waals surface area contributed by atoms with Crippen molar-refractivity contribution in [3.8, 4) is 6.07 Å². The molecule has 1 amide bonds. The molecule has 4 rings (SSSR count). The predicted molar refractivity (Wildman–Crippen MR) is 147 cm³/mol. The van der Waals surface area contributed by atoms with E-state index in [1.807, 2.05) is 6.07 Å². The summed E-state index contributed by atoms with van der Waals surface area (Å²) in [5, 5.41) is 24.5. The number of esters is 2. The van der Waals surface area contributed by atoms with Gasteiger partial charge in [-0.2, -0.15) is 5.26 Å². The molecule has 0 bridgehead atoms. The molecule has 0 fully saturated rings. The van der Waals surface area contributed by atoms with Gasteiger partial charge in [-0.1, -0.05) is 48.5 Å². The second-order valence-corrected chi connectivity index (χ2v) is 8.61. The topological polar surface area (TPSA) is 178 Å². The Labute approximate surface area is 234 Å². The van der Waals surface area contributed by atoms with Crippen LogP contribution in [0.1, 0.15) is 21.8 Å². The Kier molecular flexibility index (Phi) is 8.10. The standard InChI is InChI=1S/C29H23N5O7/c1-40-28(36)24-23(17-9-5-3-6-10-17)21(16-30)26(31)33(25(24)29(37)41-2)22-14-13-19(34(38)39)15-20(22)27(35)32-18-11-7-4-8-12-18/h3-15,23H,31H2,1-2H3,(H,32,35). The molecule has 1 aliphatic rings. The number of benzene rings is 3. The molecule has 1 atom stereocenters. The Morgan fingerprint density at radius 1 is 0.976 bits per heavy atom. The zero-order valence-corrected chi connectivity index (χ0v) is 21.9. The maximum atomic E-state index is 13.5. The minimum atomic E-state index is -1.13. The highest BCUT2D eigenvalue weighted by Gasteiger charge is 2.44. The summed E-state index contributed by atoms with van der Waals surface area (Å²) in [5.74, 6) is -4.19. The van der Waals surface area contributed by atoms with Crippen molar-refractivity contribution >= 4 is 34.9 Å². The maximum absolute atomic E-state index is 13.5. The molecule has 0 saturated heterocycles. The van der Waals surface area contributed by atoms with Crippen LogP contribution in [-0.2, 0) is 19.1 Å². The lowest BCUT2D eigenvalue weighted by atomic mass is 9.80. The van der Waals surface area contributed by atoms with E-state index in [-0.39, 0.29) is 28.2 Å². The summed E-state index contributed by atoms with van der Waals surface area (Å²) in [5.41, 5.74) is 5.72. The molecule has 3 aromatic rings. The van der Waals surface area contributed by atoms with Gasteiger partial charge < -0.3 is 20.5 Å². The second-order valence-electron chi connectivity index (χ2n) is 8.61.